The van der Waals surface area contributed by atoms with Crippen molar-refractivity contribution < 1.29 is 42.9 Å². The monoisotopic (exact) mass is 1350 g/mol. The van der Waals surface area contributed by atoms with Crippen LogP contribution in [0.3, 0.4) is 0 Å². The molecule has 0 bridgehead atoms. The predicted octanol–water partition coefficient (Wildman–Crippen LogP) is 24.3. The summed E-state index contributed by atoms with van der Waals surface area (Å²) < 4.78 is 22.8. The molecular weight excluding hydrogens is 1200 g/mol. The fraction of sp³-hybridized carbons (Fsp3) is 0.670. The lowest BCUT2D eigenvalue weighted by atomic mass is 10.0. The SMILES string of the molecule is CC/C=C\C/C=C\C/C=C\C/C=C\C/C=C\C/C=C\C/C=C\C/C=C\C/C=C\C/C=C\C/C=C\CCCCCC(=O)OC(COC(=O)CCCCCCCCCCCCCCCCCCCCCCCCC/C=C\C/C=C\CCCCCCC)COC(OCC[N+](C)(C)C)C(=O)[O-]. The molecule has 0 rings (SSSR count). The second-order valence-corrected chi connectivity index (χ2v) is 27.3. The van der Waals surface area contributed by atoms with E-state index in [4.69, 9.17) is 18.9 Å². The van der Waals surface area contributed by atoms with Gasteiger partial charge in [-0.25, -0.2) is 0 Å². The minimum Gasteiger partial charge on any atom is -0.545 e. The van der Waals surface area contributed by atoms with Gasteiger partial charge >= 0.3 is 11.9 Å². The molecule has 0 aliphatic rings. The molecule has 0 aliphatic heterocycles. The fourth-order valence-electron chi connectivity index (χ4n) is 10.8. The first-order valence-corrected chi connectivity index (χ1v) is 39.6. The van der Waals surface area contributed by atoms with Crippen molar-refractivity contribution in [2.24, 2.45) is 0 Å². The highest BCUT2D eigenvalue weighted by atomic mass is 16.7. The molecule has 9 nitrogen and oxygen atoms in total. The Balaban J connectivity index is 4.15. The summed E-state index contributed by atoms with van der Waals surface area (Å²) in [6.45, 7) is 4.60. The van der Waals surface area contributed by atoms with Gasteiger partial charge in [-0.1, -0.05) is 339 Å². The lowest BCUT2D eigenvalue weighted by Crippen LogP contribution is -2.44. The molecule has 0 amide bonds. The Hall–Kier alpha value is -5.09. The number of carbonyl (C=O) groups is 3. The van der Waals surface area contributed by atoms with Crippen LogP contribution in [0.15, 0.2) is 158 Å². The summed E-state index contributed by atoms with van der Waals surface area (Å²) in [4.78, 5) is 37.6. The van der Waals surface area contributed by atoms with Crippen LogP contribution in [0.5, 0.6) is 0 Å². The molecule has 0 N–H and O–H groups in total. The highest BCUT2D eigenvalue weighted by molar-refractivity contribution is 5.70. The van der Waals surface area contributed by atoms with Gasteiger partial charge in [-0.15, -0.1) is 0 Å². The Morgan fingerprint density at radius 3 is 0.887 bits per heavy atom. The highest BCUT2D eigenvalue weighted by Gasteiger charge is 2.22. The number of ether oxygens (including phenoxy) is 4. The van der Waals surface area contributed by atoms with E-state index < -0.39 is 24.3 Å². The highest BCUT2D eigenvalue weighted by Crippen LogP contribution is 2.18. The zero-order chi connectivity index (χ0) is 70.4. The summed E-state index contributed by atoms with van der Waals surface area (Å²) in [5.74, 6) is -2.33. The van der Waals surface area contributed by atoms with E-state index in [0.29, 0.717) is 17.4 Å². The standard InChI is InChI=1S/C88H147NO8/c1-6-8-10-12-14-16-18-20-22-24-26-28-30-32-34-36-38-40-42-43-45-47-49-51-53-55-57-59-61-63-65-67-69-71-73-75-77-79-86(91)97-84(83-96-88(87(92)93)94-81-80-89(3,4)5)82-95-85(90)78-76-74-72-70-68-66-64-62-60-58-56-54-52-50-48-46-44-41-39-37-35-33-31-29-27-25-23-21-19-17-15-13-11-9-7-2/h8,10,14,16,19-22,25-28,32,34,38,40,43,45,49,51,55,57,61,63,67,69,84,88H,6-7,9,11-13,15,17-18,23-24,29-31,33,35-37,39,41-42,44,46-48,50,52-54,56,58-60,62,64-66,68,70-83H2,1-5H3/b10-8-,16-14-,21-19-,22-20-,27-25-,28-26-,34-32-,40-38-,45-43-,51-49-,57-55-,63-61-,69-67-. The van der Waals surface area contributed by atoms with Crippen LogP contribution >= 0.6 is 0 Å². The number of carboxylic acid groups (broad SMARTS) is 1. The first kappa shape index (κ1) is 91.9. The number of hydrogen-bond acceptors (Lipinski definition) is 8. The summed E-state index contributed by atoms with van der Waals surface area (Å²) in [7, 11) is 5.92. The number of quaternary nitrogens is 1. The first-order valence-electron chi connectivity index (χ1n) is 39.6. The zero-order valence-electron chi connectivity index (χ0n) is 63.1. The number of carbonyl (C=O) groups excluding carboxylic acids is 3. The van der Waals surface area contributed by atoms with E-state index in [-0.39, 0.29) is 38.6 Å². The van der Waals surface area contributed by atoms with E-state index in [0.717, 1.165) is 116 Å². The molecule has 0 aromatic rings. The van der Waals surface area contributed by atoms with Crippen molar-refractivity contribution in [3.05, 3.63) is 158 Å². The second-order valence-electron chi connectivity index (χ2n) is 27.3. The molecule has 0 saturated carbocycles. The van der Waals surface area contributed by atoms with Gasteiger partial charge in [0.25, 0.3) is 0 Å². The van der Waals surface area contributed by atoms with E-state index in [9.17, 15) is 19.5 Å². The van der Waals surface area contributed by atoms with Gasteiger partial charge in [0.15, 0.2) is 12.4 Å². The van der Waals surface area contributed by atoms with Gasteiger partial charge in [-0.05, 0) is 128 Å². The van der Waals surface area contributed by atoms with Gasteiger partial charge in [-0.2, -0.15) is 0 Å². The second kappa shape index (κ2) is 76.7. The van der Waals surface area contributed by atoms with Crippen LogP contribution in [-0.2, 0) is 33.3 Å². The van der Waals surface area contributed by atoms with Crippen LogP contribution in [0.4, 0.5) is 0 Å². The van der Waals surface area contributed by atoms with Gasteiger partial charge in [-0.3, -0.25) is 9.59 Å². The molecule has 552 valence electrons. The molecule has 0 saturated heterocycles. The Bertz CT molecular complexity index is 2160. The Kier molecular flexibility index (Phi) is 72.6. The zero-order valence-corrected chi connectivity index (χ0v) is 63.1. The van der Waals surface area contributed by atoms with Crippen LogP contribution in [0.1, 0.15) is 322 Å². The number of nitrogens with zero attached hydrogens (tertiary/aromatic N) is 1. The quantitative estimate of drug-likeness (QED) is 0.0195. The van der Waals surface area contributed by atoms with Gasteiger partial charge in [0, 0.05) is 12.8 Å². The molecule has 0 aliphatic carbocycles. The maximum Gasteiger partial charge on any atom is 0.306 e. The number of rotatable bonds is 72. The molecule has 0 aromatic heterocycles. The number of aliphatic carboxylic acids is 1. The molecule has 97 heavy (non-hydrogen) atoms. The Labute approximate surface area is 597 Å². The van der Waals surface area contributed by atoms with Crippen LogP contribution in [0, 0.1) is 0 Å². The molecule has 0 heterocycles. The summed E-state index contributed by atoms with van der Waals surface area (Å²) in [6, 6.07) is 0. The lowest BCUT2D eigenvalue weighted by molar-refractivity contribution is -0.870. The van der Waals surface area contributed by atoms with E-state index in [1.54, 1.807) is 0 Å². The van der Waals surface area contributed by atoms with Gasteiger partial charge < -0.3 is 33.3 Å². The molecule has 9 heteroatoms. The molecule has 0 spiro atoms. The number of unbranched alkanes of at least 4 members (excludes halogenated alkanes) is 31. The van der Waals surface area contributed by atoms with Crippen LogP contribution in [0.2, 0.25) is 0 Å². The molecule has 0 aromatic carbocycles. The van der Waals surface area contributed by atoms with Crippen molar-refractivity contribution in [3.63, 3.8) is 0 Å². The average Bonchev–Trinajstić information content (AvgIpc) is 3.11. The molecular formula is C88H147NO8. The Morgan fingerprint density at radius 2 is 0.588 bits per heavy atom. The minimum atomic E-state index is -1.64. The topological polar surface area (TPSA) is 111 Å². The third-order valence-electron chi connectivity index (χ3n) is 16.8. The number of carboxylic acids is 1. The van der Waals surface area contributed by atoms with Crippen molar-refractivity contribution in [1.29, 1.82) is 0 Å². The fourth-order valence-corrected chi connectivity index (χ4v) is 10.8. The van der Waals surface area contributed by atoms with Crippen LogP contribution in [0.25, 0.3) is 0 Å². The molecule has 2 unspecified atom stereocenters. The largest absolute Gasteiger partial charge is 0.545 e. The summed E-state index contributed by atoms with van der Waals surface area (Å²) in [5, 5.41) is 11.9. The minimum absolute atomic E-state index is 0.134. The predicted molar refractivity (Wildman–Crippen MR) is 416 cm³/mol. The van der Waals surface area contributed by atoms with E-state index >= 15 is 0 Å². The summed E-state index contributed by atoms with van der Waals surface area (Å²) in [6.07, 6.45) is 111. The number of likely N-dealkylation sites (N-methyl/N-ethyl adjacent to an activating group) is 1. The Morgan fingerprint density at radius 1 is 0.320 bits per heavy atom. The third-order valence-corrected chi connectivity index (χ3v) is 16.8. The first-order chi connectivity index (χ1) is 47.6. The van der Waals surface area contributed by atoms with E-state index in [1.165, 1.54) is 173 Å². The third kappa shape index (κ3) is 78.1. The smallest absolute Gasteiger partial charge is 0.306 e. The number of allylic oxidation sites excluding steroid dienone is 26. The van der Waals surface area contributed by atoms with Crippen molar-refractivity contribution in [3.8, 4) is 0 Å². The number of esters is 2. The van der Waals surface area contributed by atoms with Gasteiger partial charge in [0.2, 0.25) is 0 Å². The van der Waals surface area contributed by atoms with Gasteiger partial charge in [0.1, 0.15) is 13.2 Å². The van der Waals surface area contributed by atoms with Crippen molar-refractivity contribution in [2.75, 3.05) is 47.5 Å². The maximum atomic E-state index is 13.0. The number of hydrogen-bond donors (Lipinski definition) is 0. The van der Waals surface area contributed by atoms with Crippen molar-refractivity contribution in [2.45, 2.75) is 334 Å². The summed E-state index contributed by atoms with van der Waals surface area (Å²) in [5.41, 5.74) is 0. The van der Waals surface area contributed by atoms with E-state index in [1.807, 2.05) is 21.1 Å². The van der Waals surface area contributed by atoms with Crippen LogP contribution < -0.4 is 5.11 Å². The van der Waals surface area contributed by atoms with Crippen molar-refractivity contribution in [1.82, 2.24) is 0 Å². The maximum absolute atomic E-state index is 13.0. The summed E-state index contributed by atoms with van der Waals surface area (Å²) >= 11 is 0. The molecule has 0 radical (unpaired) electrons. The normalized spacial score (nSPS) is 13.5. The molecule has 2 atom stereocenters. The van der Waals surface area contributed by atoms with E-state index in [2.05, 4.69) is 172 Å². The van der Waals surface area contributed by atoms with Crippen LogP contribution in [-0.4, -0.2) is 82.3 Å². The van der Waals surface area contributed by atoms with Gasteiger partial charge in [0.05, 0.1) is 40.3 Å². The van der Waals surface area contributed by atoms with Crippen molar-refractivity contribution >= 4 is 17.9 Å². The molecule has 0 fully saturated rings. The average molecular weight is 1350 g/mol. The lowest BCUT2D eigenvalue weighted by Gasteiger charge is -2.26.